The van der Waals surface area contributed by atoms with Crippen LogP contribution in [0.15, 0.2) is 18.3 Å². The molecule has 1 aromatic rings. The van der Waals surface area contributed by atoms with Crippen LogP contribution in [0, 0.1) is 0 Å². The van der Waals surface area contributed by atoms with Crippen LogP contribution in [0.1, 0.15) is 31.2 Å². The zero-order valence-electron chi connectivity index (χ0n) is 10.5. The van der Waals surface area contributed by atoms with Crippen LogP contribution in [0.5, 0.6) is 5.88 Å². The van der Waals surface area contributed by atoms with Crippen LogP contribution < -0.4 is 4.74 Å². The molecule has 0 radical (unpaired) electrons. The first kappa shape index (κ1) is 13.7. The highest BCUT2D eigenvalue weighted by molar-refractivity contribution is 5.81. The largest absolute Gasteiger partial charge is 0.481 e. The van der Waals surface area contributed by atoms with E-state index < -0.39 is 30.1 Å². The Morgan fingerprint density at radius 3 is 2.37 bits per heavy atom. The molecule has 0 amide bonds. The fourth-order valence-corrected chi connectivity index (χ4v) is 2.45. The summed E-state index contributed by atoms with van der Waals surface area (Å²) in [6, 6.07) is 3.14. The van der Waals surface area contributed by atoms with Gasteiger partial charge >= 0.3 is 5.97 Å². The quantitative estimate of drug-likeness (QED) is 0.918. The Morgan fingerprint density at radius 2 is 1.95 bits per heavy atom. The minimum atomic E-state index is -2.77. The number of pyridine rings is 1. The Balaban J connectivity index is 2.32. The third kappa shape index (κ3) is 2.52. The number of carbonyl (C=O) groups is 1. The Labute approximate surface area is 109 Å². The summed E-state index contributed by atoms with van der Waals surface area (Å²) in [4.78, 5) is 15.5. The van der Waals surface area contributed by atoms with Crippen LogP contribution in [0.3, 0.4) is 0 Å². The van der Waals surface area contributed by atoms with Crippen LogP contribution in [0.2, 0.25) is 0 Å². The van der Waals surface area contributed by atoms with E-state index in [0.717, 1.165) is 0 Å². The van der Waals surface area contributed by atoms with Crippen LogP contribution >= 0.6 is 0 Å². The van der Waals surface area contributed by atoms with E-state index in [-0.39, 0.29) is 12.8 Å². The Kier molecular flexibility index (Phi) is 3.43. The van der Waals surface area contributed by atoms with E-state index >= 15 is 0 Å². The molecule has 0 aliphatic heterocycles. The van der Waals surface area contributed by atoms with Crippen molar-refractivity contribution in [1.29, 1.82) is 0 Å². The molecule has 1 fully saturated rings. The fraction of sp³-hybridized carbons (Fsp3) is 0.538. The summed E-state index contributed by atoms with van der Waals surface area (Å²) in [5.41, 5.74) is -0.808. The third-order valence-corrected chi connectivity index (χ3v) is 3.74. The van der Waals surface area contributed by atoms with Gasteiger partial charge in [-0.15, -0.1) is 0 Å². The number of carboxylic acids is 1. The molecule has 104 valence electrons. The van der Waals surface area contributed by atoms with E-state index in [1.807, 2.05) is 0 Å². The molecule has 1 heterocycles. The number of ether oxygens (including phenoxy) is 1. The Bertz CT molecular complexity index is 463. The van der Waals surface area contributed by atoms with E-state index in [1.165, 1.54) is 13.3 Å². The Morgan fingerprint density at radius 1 is 1.32 bits per heavy atom. The molecule has 0 spiro atoms. The van der Waals surface area contributed by atoms with Crippen molar-refractivity contribution in [1.82, 2.24) is 4.98 Å². The normalized spacial score (nSPS) is 20.8. The van der Waals surface area contributed by atoms with Crippen LogP contribution in [-0.2, 0) is 10.2 Å². The molecule has 1 N–H and O–H groups in total. The molecule has 6 heteroatoms. The number of nitrogens with zero attached hydrogens (tertiary/aromatic N) is 1. The molecule has 0 bridgehead atoms. The first-order valence-corrected chi connectivity index (χ1v) is 6.01. The topological polar surface area (TPSA) is 59.4 Å². The van der Waals surface area contributed by atoms with Crippen LogP contribution in [0.4, 0.5) is 8.78 Å². The summed E-state index contributed by atoms with van der Waals surface area (Å²) in [6.07, 6.45) is 0.416. The SMILES string of the molecule is COc1ccc(C2(C(=O)O)CCC(F)(F)CC2)cn1. The number of aliphatic carboxylic acids is 1. The third-order valence-electron chi connectivity index (χ3n) is 3.74. The zero-order valence-corrected chi connectivity index (χ0v) is 10.5. The van der Waals surface area contributed by atoms with Gasteiger partial charge < -0.3 is 9.84 Å². The number of aromatic nitrogens is 1. The summed E-state index contributed by atoms with van der Waals surface area (Å²) < 4.78 is 31.3. The van der Waals surface area contributed by atoms with Gasteiger partial charge in [-0.25, -0.2) is 13.8 Å². The molecule has 1 aromatic heterocycles. The average molecular weight is 271 g/mol. The van der Waals surface area contributed by atoms with Gasteiger partial charge in [0.2, 0.25) is 11.8 Å². The molecule has 1 aliphatic rings. The van der Waals surface area contributed by atoms with Crippen molar-refractivity contribution in [2.75, 3.05) is 7.11 Å². The van der Waals surface area contributed by atoms with E-state index in [0.29, 0.717) is 11.4 Å². The number of rotatable bonds is 3. The first-order valence-electron chi connectivity index (χ1n) is 6.01. The lowest BCUT2D eigenvalue weighted by molar-refractivity contribution is -0.149. The van der Waals surface area contributed by atoms with Gasteiger partial charge in [0.1, 0.15) is 0 Å². The zero-order chi connectivity index (χ0) is 14.1. The van der Waals surface area contributed by atoms with E-state index in [9.17, 15) is 18.7 Å². The smallest absolute Gasteiger partial charge is 0.314 e. The maximum Gasteiger partial charge on any atom is 0.314 e. The maximum atomic E-state index is 13.2. The summed E-state index contributed by atoms with van der Waals surface area (Å²) in [5.74, 6) is -3.47. The summed E-state index contributed by atoms with van der Waals surface area (Å²) in [6.45, 7) is 0. The molecule has 19 heavy (non-hydrogen) atoms. The predicted octanol–water partition coefficient (Wildman–Crippen LogP) is 2.62. The van der Waals surface area contributed by atoms with Crippen LogP contribution in [0.25, 0.3) is 0 Å². The molecular formula is C13H15F2NO3. The van der Waals surface area contributed by atoms with Gasteiger partial charge in [0.15, 0.2) is 0 Å². The average Bonchev–Trinajstić information content (AvgIpc) is 2.39. The van der Waals surface area contributed by atoms with Crippen molar-refractivity contribution in [3.8, 4) is 5.88 Å². The summed E-state index contributed by atoms with van der Waals surface area (Å²) in [7, 11) is 1.45. The molecule has 4 nitrogen and oxygen atoms in total. The summed E-state index contributed by atoms with van der Waals surface area (Å²) >= 11 is 0. The lowest BCUT2D eigenvalue weighted by Crippen LogP contribution is -2.42. The monoisotopic (exact) mass is 271 g/mol. The van der Waals surface area contributed by atoms with Gasteiger partial charge in [0.25, 0.3) is 0 Å². The standard InChI is InChI=1S/C13H15F2NO3/c1-19-10-3-2-9(8-16-10)12(11(17)18)4-6-13(14,15)7-5-12/h2-3,8H,4-7H2,1H3,(H,17,18). The van der Waals surface area contributed by atoms with Crippen molar-refractivity contribution >= 4 is 5.97 Å². The second kappa shape index (κ2) is 4.75. The lowest BCUT2D eigenvalue weighted by atomic mass is 9.69. The molecule has 0 saturated heterocycles. The van der Waals surface area contributed by atoms with E-state index in [2.05, 4.69) is 4.98 Å². The number of methoxy groups -OCH3 is 1. The van der Waals surface area contributed by atoms with Crippen molar-refractivity contribution < 1.29 is 23.4 Å². The van der Waals surface area contributed by atoms with Gasteiger partial charge in [0, 0.05) is 25.1 Å². The number of halogens is 2. The number of alkyl halides is 2. The van der Waals surface area contributed by atoms with Gasteiger partial charge in [0.05, 0.1) is 12.5 Å². The van der Waals surface area contributed by atoms with Crippen molar-refractivity contribution in [2.45, 2.75) is 37.0 Å². The number of hydrogen-bond donors (Lipinski definition) is 1. The molecule has 2 rings (SSSR count). The van der Waals surface area contributed by atoms with E-state index in [4.69, 9.17) is 4.74 Å². The molecular weight excluding hydrogens is 256 g/mol. The van der Waals surface area contributed by atoms with Crippen LogP contribution in [-0.4, -0.2) is 29.1 Å². The molecule has 1 aliphatic carbocycles. The van der Waals surface area contributed by atoms with Gasteiger partial charge in [-0.3, -0.25) is 4.79 Å². The molecule has 0 unspecified atom stereocenters. The van der Waals surface area contributed by atoms with Gasteiger partial charge in [-0.2, -0.15) is 0 Å². The first-order chi connectivity index (χ1) is 8.89. The highest BCUT2D eigenvalue weighted by Crippen LogP contribution is 2.45. The van der Waals surface area contributed by atoms with E-state index in [1.54, 1.807) is 12.1 Å². The van der Waals surface area contributed by atoms with Gasteiger partial charge in [-0.1, -0.05) is 6.07 Å². The Hall–Kier alpha value is -1.72. The highest BCUT2D eigenvalue weighted by Gasteiger charge is 2.49. The maximum absolute atomic E-state index is 13.2. The second-order valence-corrected chi connectivity index (χ2v) is 4.83. The minimum Gasteiger partial charge on any atom is -0.481 e. The van der Waals surface area contributed by atoms with Gasteiger partial charge in [-0.05, 0) is 18.4 Å². The number of carboxylic acid groups (broad SMARTS) is 1. The molecule has 1 saturated carbocycles. The fourth-order valence-electron chi connectivity index (χ4n) is 2.45. The predicted molar refractivity (Wildman–Crippen MR) is 63.5 cm³/mol. The highest BCUT2D eigenvalue weighted by atomic mass is 19.3. The second-order valence-electron chi connectivity index (χ2n) is 4.83. The molecule has 0 atom stereocenters. The van der Waals surface area contributed by atoms with Crippen molar-refractivity contribution in [2.24, 2.45) is 0 Å². The van der Waals surface area contributed by atoms with Crippen molar-refractivity contribution in [3.05, 3.63) is 23.9 Å². The number of hydrogen-bond acceptors (Lipinski definition) is 3. The summed E-state index contributed by atoms with van der Waals surface area (Å²) in [5, 5.41) is 9.43. The minimum absolute atomic E-state index is 0.0800. The van der Waals surface area contributed by atoms with Crippen molar-refractivity contribution in [3.63, 3.8) is 0 Å². The lowest BCUT2D eigenvalue weighted by Gasteiger charge is -2.36. The molecule has 0 aromatic carbocycles.